The van der Waals surface area contributed by atoms with Gasteiger partial charge in [-0.15, -0.1) is 11.3 Å². The van der Waals surface area contributed by atoms with E-state index in [9.17, 15) is 18.8 Å². The molecule has 1 N–H and O–H groups in total. The Morgan fingerprint density at radius 3 is 2.29 bits per heavy atom. The van der Waals surface area contributed by atoms with Crippen molar-refractivity contribution in [2.45, 2.75) is 77.6 Å². The first-order valence-electron chi connectivity index (χ1n) is 14.1. The third-order valence-corrected chi connectivity index (χ3v) is 8.04. The molecule has 0 atom stereocenters. The molecule has 3 heterocycles. The van der Waals surface area contributed by atoms with Crippen LogP contribution < -0.4 is 5.32 Å². The van der Waals surface area contributed by atoms with Crippen molar-refractivity contribution in [3.63, 3.8) is 0 Å². The smallest absolute Gasteiger partial charge is 0.410 e. The van der Waals surface area contributed by atoms with Crippen LogP contribution in [0.25, 0.3) is 11.4 Å². The van der Waals surface area contributed by atoms with E-state index in [1.807, 2.05) is 32.6 Å². The number of ether oxygens (including phenoxy) is 1. The number of carbonyl (C=O) groups is 3. The van der Waals surface area contributed by atoms with Crippen molar-refractivity contribution >= 4 is 29.2 Å². The lowest BCUT2D eigenvalue weighted by Crippen LogP contribution is -2.50. The lowest BCUT2D eigenvalue weighted by Gasteiger charge is -2.39. The summed E-state index contributed by atoms with van der Waals surface area (Å²) >= 11 is 1.47. The van der Waals surface area contributed by atoms with E-state index in [1.54, 1.807) is 17.2 Å². The first-order chi connectivity index (χ1) is 20.0. The lowest BCUT2D eigenvalue weighted by atomic mass is 10.0. The van der Waals surface area contributed by atoms with Gasteiger partial charge in [0.05, 0.1) is 17.7 Å². The minimum absolute atomic E-state index is 0.00997. The van der Waals surface area contributed by atoms with Gasteiger partial charge in [-0.05, 0) is 65.5 Å². The monoisotopic (exact) mass is 594 g/mol. The number of hydrogen-bond donors (Lipinski definition) is 1. The van der Waals surface area contributed by atoms with Gasteiger partial charge in [-0.1, -0.05) is 6.07 Å². The van der Waals surface area contributed by atoms with Crippen LogP contribution in [0.4, 0.5) is 9.18 Å². The number of piperidine rings is 1. The van der Waals surface area contributed by atoms with Crippen LogP contribution in [0.5, 0.6) is 0 Å². The van der Waals surface area contributed by atoms with Crippen LogP contribution in [-0.4, -0.2) is 73.4 Å². The Morgan fingerprint density at radius 2 is 1.71 bits per heavy atom. The second kappa shape index (κ2) is 12.1. The Kier molecular flexibility index (Phi) is 8.53. The van der Waals surface area contributed by atoms with E-state index in [2.05, 4.69) is 20.3 Å². The number of likely N-dealkylation sites (tertiary alicyclic amines) is 1. The maximum absolute atomic E-state index is 14.9. The molecule has 2 fully saturated rings. The highest BCUT2D eigenvalue weighted by atomic mass is 32.1. The maximum Gasteiger partial charge on any atom is 0.410 e. The van der Waals surface area contributed by atoms with Gasteiger partial charge < -0.3 is 19.9 Å². The van der Waals surface area contributed by atoms with E-state index in [4.69, 9.17) is 4.74 Å². The maximum atomic E-state index is 14.9. The molecule has 0 spiro atoms. The van der Waals surface area contributed by atoms with Crippen molar-refractivity contribution in [3.05, 3.63) is 63.6 Å². The molecule has 12 heteroatoms. The SMILES string of the molecule is Cc1cnc(CNC(=O)c2ccc(-c3ncc(C(=O)N(C4CC4)C4CCN(C(=O)OC(C)(C)C)CC4)cn3)cc2F)s1. The van der Waals surface area contributed by atoms with Crippen molar-refractivity contribution in [3.8, 4) is 11.4 Å². The Labute approximate surface area is 248 Å². The van der Waals surface area contributed by atoms with Gasteiger partial charge in [-0.2, -0.15) is 0 Å². The van der Waals surface area contributed by atoms with Gasteiger partial charge in [0, 0.05) is 54.2 Å². The first kappa shape index (κ1) is 29.6. The number of halogens is 1. The summed E-state index contributed by atoms with van der Waals surface area (Å²) in [5.41, 5.74) is 0.109. The minimum atomic E-state index is -0.693. The molecule has 1 aromatic carbocycles. The molecule has 2 aromatic heterocycles. The number of benzene rings is 1. The summed E-state index contributed by atoms with van der Waals surface area (Å²) in [5, 5.41) is 3.43. The van der Waals surface area contributed by atoms with Crippen molar-refractivity contribution in [1.82, 2.24) is 30.1 Å². The number of thiazole rings is 1. The fraction of sp³-hybridized carbons (Fsp3) is 0.467. The Balaban J connectivity index is 1.21. The molecular formula is C30H35FN6O4S. The number of nitrogens with one attached hydrogen (secondary N) is 1. The predicted molar refractivity (Wildman–Crippen MR) is 155 cm³/mol. The predicted octanol–water partition coefficient (Wildman–Crippen LogP) is 4.98. The van der Waals surface area contributed by atoms with Crippen LogP contribution in [0.2, 0.25) is 0 Å². The second-order valence-electron chi connectivity index (χ2n) is 11.7. The van der Waals surface area contributed by atoms with Gasteiger partial charge in [-0.25, -0.2) is 24.1 Å². The van der Waals surface area contributed by atoms with E-state index in [1.165, 1.54) is 35.9 Å². The summed E-state index contributed by atoms with van der Waals surface area (Å²) in [4.78, 5) is 56.0. The molecule has 222 valence electrons. The Bertz CT molecular complexity index is 1460. The molecule has 2 aliphatic rings. The average Bonchev–Trinajstić information content (AvgIpc) is 3.70. The van der Waals surface area contributed by atoms with Gasteiger partial charge in [0.2, 0.25) is 0 Å². The van der Waals surface area contributed by atoms with Gasteiger partial charge in [-0.3, -0.25) is 9.59 Å². The van der Waals surface area contributed by atoms with Crippen LogP contribution in [0.3, 0.4) is 0 Å². The number of nitrogens with zero attached hydrogens (tertiary/aromatic N) is 5. The van der Waals surface area contributed by atoms with Gasteiger partial charge >= 0.3 is 6.09 Å². The Hall–Kier alpha value is -3.93. The van der Waals surface area contributed by atoms with Gasteiger partial charge in [0.15, 0.2) is 5.82 Å². The molecule has 1 aliphatic heterocycles. The van der Waals surface area contributed by atoms with Crippen molar-refractivity contribution < 1.29 is 23.5 Å². The number of hydrogen-bond acceptors (Lipinski definition) is 8. The quantitative estimate of drug-likeness (QED) is 0.410. The van der Waals surface area contributed by atoms with Crippen LogP contribution in [0.1, 0.15) is 77.1 Å². The number of aryl methyl sites for hydroxylation is 1. The van der Waals surface area contributed by atoms with Gasteiger partial charge in [0.1, 0.15) is 16.4 Å². The van der Waals surface area contributed by atoms with Crippen LogP contribution >= 0.6 is 11.3 Å². The third-order valence-electron chi connectivity index (χ3n) is 7.12. The number of amides is 3. The molecule has 5 rings (SSSR count). The zero-order valence-electron chi connectivity index (χ0n) is 24.2. The summed E-state index contributed by atoms with van der Waals surface area (Å²) in [5.74, 6) is -1.12. The fourth-order valence-electron chi connectivity index (χ4n) is 4.94. The summed E-state index contributed by atoms with van der Waals surface area (Å²) in [6.45, 7) is 8.72. The van der Waals surface area contributed by atoms with E-state index in [0.717, 1.165) is 22.7 Å². The standard InChI is InChI=1S/C30H35FN6O4S/c1-18-14-32-25(42-18)17-35-27(38)23-8-5-19(13-24(23)31)26-33-15-20(16-34-26)28(39)37(21-6-7-21)22-9-11-36(12-10-22)29(40)41-30(2,3)4/h5,8,13-16,21-22H,6-7,9-12,17H2,1-4H3,(H,35,38). The van der Waals surface area contributed by atoms with E-state index < -0.39 is 17.3 Å². The largest absolute Gasteiger partial charge is 0.444 e. The fourth-order valence-corrected chi connectivity index (χ4v) is 5.67. The first-order valence-corrected chi connectivity index (χ1v) is 14.9. The molecule has 0 radical (unpaired) electrons. The highest BCUT2D eigenvalue weighted by Crippen LogP contribution is 2.33. The topological polar surface area (TPSA) is 118 Å². The van der Waals surface area contributed by atoms with Crippen molar-refractivity contribution in [2.24, 2.45) is 0 Å². The minimum Gasteiger partial charge on any atom is -0.444 e. The molecule has 3 aromatic rings. The zero-order valence-corrected chi connectivity index (χ0v) is 25.0. The lowest BCUT2D eigenvalue weighted by molar-refractivity contribution is 0.0142. The average molecular weight is 595 g/mol. The second-order valence-corrected chi connectivity index (χ2v) is 13.0. The molecule has 3 amide bonds. The van der Waals surface area contributed by atoms with E-state index in [-0.39, 0.29) is 42.0 Å². The van der Waals surface area contributed by atoms with Gasteiger partial charge in [0.25, 0.3) is 11.8 Å². The number of aromatic nitrogens is 3. The summed E-state index contributed by atoms with van der Waals surface area (Å²) in [6, 6.07) is 4.37. The summed E-state index contributed by atoms with van der Waals surface area (Å²) in [7, 11) is 0. The molecule has 1 saturated carbocycles. The van der Waals surface area contributed by atoms with Crippen LogP contribution in [-0.2, 0) is 11.3 Å². The molecule has 0 unspecified atom stereocenters. The molecule has 0 bridgehead atoms. The van der Waals surface area contributed by atoms with Crippen molar-refractivity contribution in [1.29, 1.82) is 0 Å². The highest BCUT2D eigenvalue weighted by molar-refractivity contribution is 7.11. The third kappa shape index (κ3) is 7.10. The number of carbonyl (C=O) groups excluding carboxylic acids is 3. The van der Waals surface area contributed by atoms with Crippen molar-refractivity contribution in [2.75, 3.05) is 13.1 Å². The highest BCUT2D eigenvalue weighted by Gasteiger charge is 2.40. The zero-order chi connectivity index (χ0) is 30.0. The molecule has 42 heavy (non-hydrogen) atoms. The van der Waals surface area contributed by atoms with E-state index in [0.29, 0.717) is 37.1 Å². The molecule has 10 nitrogen and oxygen atoms in total. The molecular weight excluding hydrogens is 559 g/mol. The Morgan fingerprint density at radius 1 is 1.05 bits per heavy atom. The number of rotatable bonds is 7. The molecule has 1 aliphatic carbocycles. The van der Waals surface area contributed by atoms with Crippen LogP contribution in [0.15, 0.2) is 36.8 Å². The van der Waals surface area contributed by atoms with E-state index >= 15 is 0 Å². The molecule has 1 saturated heterocycles. The summed E-state index contributed by atoms with van der Waals surface area (Å²) < 4.78 is 20.4. The normalized spacial score (nSPS) is 15.8. The van der Waals surface area contributed by atoms with Crippen LogP contribution in [0, 0.1) is 12.7 Å². The summed E-state index contributed by atoms with van der Waals surface area (Å²) in [6.07, 6.45) is 7.55.